The summed E-state index contributed by atoms with van der Waals surface area (Å²) < 4.78 is 18.3. The van der Waals surface area contributed by atoms with E-state index in [0.29, 0.717) is 19.8 Å². The van der Waals surface area contributed by atoms with Crippen LogP contribution in [0.2, 0.25) is 0 Å². The fraction of sp³-hybridized carbons (Fsp3) is 0.400. The molecule has 1 aromatic carbocycles. The van der Waals surface area contributed by atoms with Crippen LogP contribution in [0, 0.1) is 5.82 Å². The zero-order valence-electron chi connectivity index (χ0n) is 8.43. The molecule has 3 nitrogen and oxygen atoms in total. The van der Waals surface area contributed by atoms with Crippen LogP contribution in [0.3, 0.4) is 0 Å². The van der Waals surface area contributed by atoms with E-state index in [2.05, 4.69) is 21.4 Å². The van der Waals surface area contributed by atoms with Gasteiger partial charge in [-0.15, -0.1) is 0 Å². The number of rotatable bonds is 6. The quantitative estimate of drug-likeness (QED) is 0.639. The van der Waals surface area contributed by atoms with Crippen molar-refractivity contribution in [1.82, 2.24) is 5.48 Å². The first kappa shape index (κ1) is 12.6. The summed E-state index contributed by atoms with van der Waals surface area (Å²) in [6.45, 7) is 1.54. The number of hydrogen-bond acceptors (Lipinski definition) is 3. The molecular formula is C10H13BrFNO2. The normalized spacial score (nSPS) is 10.6. The van der Waals surface area contributed by atoms with Crippen molar-refractivity contribution >= 4 is 15.9 Å². The van der Waals surface area contributed by atoms with Crippen molar-refractivity contribution in [2.45, 2.75) is 6.54 Å². The van der Waals surface area contributed by atoms with E-state index in [1.807, 2.05) is 0 Å². The summed E-state index contributed by atoms with van der Waals surface area (Å²) in [7, 11) is 1.61. The largest absolute Gasteiger partial charge is 0.382 e. The average molecular weight is 278 g/mol. The lowest BCUT2D eigenvalue weighted by atomic mass is 10.2. The molecule has 0 aromatic heterocycles. The summed E-state index contributed by atoms with van der Waals surface area (Å²) in [6, 6.07) is 4.54. The summed E-state index contributed by atoms with van der Waals surface area (Å²) in [4.78, 5) is 5.07. The minimum Gasteiger partial charge on any atom is -0.382 e. The maximum Gasteiger partial charge on any atom is 0.124 e. The lowest BCUT2D eigenvalue weighted by molar-refractivity contribution is 0.00338. The predicted octanol–water partition coefficient (Wildman–Crippen LogP) is 2.26. The Kier molecular flexibility index (Phi) is 5.78. The van der Waals surface area contributed by atoms with Crippen LogP contribution in [0.4, 0.5) is 4.39 Å². The molecule has 5 heteroatoms. The van der Waals surface area contributed by atoms with Gasteiger partial charge in [-0.1, -0.05) is 22.0 Å². The van der Waals surface area contributed by atoms with Crippen LogP contribution >= 0.6 is 15.9 Å². The van der Waals surface area contributed by atoms with Gasteiger partial charge in [0.1, 0.15) is 5.82 Å². The van der Waals surface area contributed by atoms with Gasteiger partial charge in [0.15, 0.2) is 0 Å². The molecule has 0 saturated heterocycles. The van der Waals surface area contributed by atoms with E-state index in [1.165, 1.54) is 12.1 Å². The molecule has 0 aliphatic rings. The molecule has 84 valence electrons. The first-order valence-corrected chi connectivity index (χ1v) is 5.31. The van der Waals surface area contributed by atoms with Gasteiger partial charge in [-0.2, -0.15) is 5.48 Å². The van der Waals surface area contributed by atoms with E-state index in [1.54, 1.807) is 13.2 Å². The monoisotopic (exact) mass is 277 g/mol. The highest BCUT2D eigenvalue weighted by molar-refractivity contribution is 9.10. The molecule has 0 bridgehead atoms. The van der Waals surface area contributed by atoms with Crippen molar-refractivity contribution in [3.8, 4) is 0 Å². The molecule has 15 heavy (non-hydrogen) atoms. The zero-order valence-corrected chi connectivity index (χ0v) is 10.0. The second kappa shape index (κ2) is 6.90. The van der Waals surface area contributed by atoms with Crippen molar-refractivity contribution < 1.29 is 14.0 Å². The lowest BCUT2D eigenvalue weighted by Gasteiger charge is -2.07. The maximum absolute atomic E-state index is 12.7. The highest BCUT2D eigenvalue weighted by Crippen LogP contribution is 2.17. The van der Waals surface area contributed by atoms with Crippen molar-refractivity contribution in [2.24, 2.45) is 0 Å². The second-order valence-electron chi connectivity index (χ2n) is 2.90. The number of methoxy groups -OCH3 is 1. The molecule has 0 aliphatic carbocycles. The number of halogens is 2. The van der Waals surface area contributed by atoms with Crippen molar-refractivity contribution in [1.29, 1.82) is 0 Å². The molecule has 0 spiro atoms. The zero-order chi connectivity index (χ0) is 11.1. The minimum absolute atomic E-state index is 0.258. The Labute approximate surface area is 96.7 Å². The van der Waals surface area contributed by atoms with Gasteiger partial charge in [0.25, 0.3) is 0 Å². The van der Waals surface area contributed by atoms with Gasteiger partial charge in [0, 0.05) is 18.1 Å². The first-order chi connectivity index (χ1) is 7.24. The van der Waals surface area contributed by atoms with Crippen LogP contribution < -0.4 is 5.48 Å². The summed E-state index contributed by atoms with van der Waals surface area (Å²) in [5, 5.41) is 0. The Hall–Kier alpha value is -0.490. The number of benzene rings is 1. The van der Waals surface area contributed by atoms with Crippen molar-refractivity contribution in [2.75, 3.05) is 20.3 Å². The molecule has 0 atom stereocenters. The SMILES string of the molecule is COCCONCc1ccc(F)cc1Br. The van der Waals surface area contributed by atoms with Crippen LogP contribution in [0.1, 0.15) is 5.56 Å². The molecule has 1 rings (SSSR count). The van der Waals surface area contributed by atoms with Crippen molar-refractivity contribution in [3.63, 3.8) is 0 Å². The lowest BCUT2D eigenvalue weighted by Crippen LogP contribution is -2.17. The van der Waals surface area contributed by atoms with Crippen LogP contribution in [-0.2, 0) is 16.1 Å². The highest BCUT2D eigenvalue weighted by atomic mass is 79.9. The van der Waals surface area contributed by atoms with Gasteiger partial charge in [0.05, 0.1) is 13.2 Å². The standard InChI is InChI=1S/C10H13BrFNO2/c1-14-4-5-15-13-7-8-2-3-9(12)6-10(8)11/h2-3,6,13H,4-5,7H2,1H3. The summed E-state index contributed by atoms with van der Waals surface area (Å²) in [6.07, 6.45) is 0. The van der Waals surface area contributed by atoms with E-state index in [9.17, 15) is 4.39 Å². The van der Waals surface area contributed by atoms with E-state index >= 15 is 0 Å². The topological polar surface area (TPSA) is 30.5 Å². The van der Waals surface area contributed by atoms with E-state index in [-0.39, 0.29) is 5.82 Å². The Bertz CT molecular complexity index is 309. The molecule has 1 N–H and O–H groups in total. The van der Waals surface area contributed by atoms with E-state index < -0.39 is 0 Å². The second-order valence-corrected chi connectivity index (χ2v) is 3.75. The Balaban J connectivity index is 2.31. The highest BCUT2D eigenvalue weighted by Gasteiger charge is 2.00. The number of hydroxylamine groups is 1. The molecule has 0 fully saturated rings. The van der Waals surface area contributed by atoms with Gasteiger partial charge in [0.2, 0.25) is 0 Å². The molecule has 1 aromatic rings. The first-order valence-electron chi connectivity index (χ1n) is 4.51. The summed E-state index contributed by atoms with van der Waals surface area (Å²) in [5.41, 5.74) is 3.70. The fourth-order valence-electron chi connectivity index (χ4n) is 0.991. The smallest absolute Gasteiger partial charge is 0.124 e. The minimum atomic E-state index is -0.258. The molecule has 0 heterocycles. The Morgan fingerprint density at radius 3 is 2.87 bits per heavy atom. The van der Waals surface area contributed by atoms with Gasteiger partial charge in [-0.3, -0.25) is 4.84 Å². The maximum atomic E-state index is 12.7. The van der Waals surface area contributed by atoms with Gasteiger partial charge < -0.3 is 4.74 Å². The Morgan fingerprint density at radius 1 is 1.40 bits per heavy atom. The van der Waals surface area contributed by atoms with Crippen LogP contribution in [0.5, 0.6) is 0 Å². The van der Waals surface area contributed by atoms with Crippen LogP contribution in [-0.4, -0.2) is 20.3 Å². The van der Waals surface area contributed by atoms with Gasteiger partial charge >= 0.3 is 0 Å². The molecule has 0 aliphatic heterocycles. The van der Waals surface area contributed by atoms with Crippen molar-refractivity contribution in [3.05, 3.63) is 34.1 Å². The molecule has 0 amide bonds. The third-order valence-electron chi connectivity index (χ3n) is 1.77. The van der Waals surface area contributed by atoms with E-state index in [4.69, 9.17) is 9.57 Å². The number of nitrogens with one attached hydrogen (secondary N) is 1. The average Bonchev–Trinajstić information content (AvgIpc) is 2.20. The van der Waals surface area contributed by atoms with E-state index in [0.717, 1.165) is 10.0 Å². The third kappa shape index (κ3) is 4.70. The molecule has 0 unspecified atom stereocenters. The number of hydrogen-bond donors (Lipinski definition) is 1. The number of ether oxygens (including phenoxy) is 1. The summed E-state index contributed by atoms with van der Waals surface area (Å²) >= 11 is 3.27. The third-order valence-corrected chi connectivity index (χ3v) is 2.51. The molecule has 0 saturated carbocycles. The molecular weight excluding hydrogens is 265 g/mol. The Morgan fingerprint density at radius 2 is 2.20 bits per heavy atom. The van der Waals surface area contributed by atoms with Crippen LogP contribution in [0.25, 0.3) is 0 Å². The van der Waals surface area contributed by atoms with Gasteiger partial charge in [-0.05, 0) is 17.7 Å². The van der Waals surface area contributed by atoms with Crippen LogP contribution in [0.15, 0.2) is 22.7 Å². The molecule has 0 radical (unpaired) electrons. The van der Waals surface area contributed by atoms with Gasteiger partial charge in [-0.25, -0.2) is 4.39 Å². The summed E-state index contributed by atoms with van der Waals surface area (Å²) in [5.74, 6) is -0.258. The predicted molar refractivity (Wildman–Crippen MR) is 58.8 cm³/mol. The fourth-order valence-corrected chi connectivity index (χ4v) is 1.48.